The molecule has 0 aliphatic carbocycles. The maximum absolute atomic E-state index is 10.1. The van der Waals surface area contributed by atoms with Gasteiger partial charge >= 0.3 is 0 Å². The number of aliphatic hydroxyl groups excluding tert-OH is 1. The largest absolute Gasteiger partial charge is 0.387 e. The quantitative estimate of drug-likeness (QED) is 0.869. The Morgan fingerprint density at radius 3 is 2.79 bits per heavy atom. The number of fused-ring (bicyclic) bond motifs is 2. The average molecular weight is 266 g/mol. The molecule has 2 fully saturated rings. The van der Waals surface area contributed by atoms with Gasteiger partial charge in [-0.3, -0.25) is 0 Å². The summed E-state index contributed by atoms with van der Waals surface area (Å²) in [6.07, 6.45) is -2.33. The molecule has 0 spiro atoms. The molecule has 1 aromatic rings. The van der Waals surface area contributed by atoms with E-state index in [2.05, 4.69) is 0 Å². The summed E-state index contributed by atoms with van der Waals surface area (Å²) in [7, 11) is 1.57. The van der Waals surface area contributed by atoms with Crippen LogP contribution in [0.2, 0.25) is 0 Å². The van der Waals surface area contributed by atoms with Gasteiger partial charge in [0, 0.05) is 7.11 Å². The van der Waals surface area contributed by atoms with Crippen molar-refractivity contribution >= 4 is 0 Å². The standard InChI is InChI=1S/C14H18O5/c1-16-12-11(15)10-8-18-14(19-10)13(12)17-7-9-5-3-2-4-6-9/h2-6,10-15H,7-8H2,1H3/t10-,11-,12+,13+,14-/m1/s1. The molecule has 2 saturated heterocycles. The van der Waals surface area contributed by atoms with E-state index >= 15 is 0 Å². The van der Waals surface area contributed by atoms with Gasteiger partial charge in [-0.15, -0.1) is 0 Å². The average Bonchev–Trinajstić information content (AvgIpc) is 2.89. The molecule has 3 rings (SSSR count). The second kappa shape index (κ2) is 5.56. The molecule has 1 N–H and O–H groups in total. The highest BCUT2D eigenvalue weighted by molar-refractivity contribution is 5.13. The van der Waals surface area contributed by atoms with Crippen LogP contribution in [-0.4, -0.2) is 49.5 Å². The fraction of sp³-hybridized carbons (Fsp3) is 0.571. The molecule has 0 radical (unpaired) electrons. The Labute approximate surface area is 112 Å². The van der Waals surface area contributed by atoms with Crippen molar-refractivity contribution in [3.8, 4) is 0 Å². The molecule has 104 valence electrons. The Balaban J connectivity index is 1.68. The minimum atomic E-state index is -0.718. The summed E-state index contributed by atoms with van der Waals surface area (Å²) in [5.74, 6) is 0. The van der Waals surface area contributed by atoms with Crippen LogP contribution in [0.15, 0.2) is 30.3 Å². The molecule has 2 aliphatic heterocycles. The van der Waals surface area contributed by atoms with Crippen LogP contribution >= 0.6 is 0 Å². The smallest absolute Gasteiger partial charge is 0.187 e. The Morgan fingerprint density at radius 2 is 2.05 bits per heavy atom. The van der Waals surface area contributed by atoms with E-state index in [-0.39, 0.29) is 6.10 Å². The van der Waals surface area contributed by atoms with Gasteiger partial charge in [0.15, 0.2) is 6.29 Å². The number of hydrogen-bond donors (Lipinski definition) is 1. The monoisotopic (exact) mass is 266 g/mol. The van der Waals surface area contributed by atoms with Crippen molar-refractivity contribution in [3.63, 3.8) is 0 Å². The van der Waals surface area contributed by atoms with Gasteiger partial charge in [-0.05, 0) is 5.56 Å². The van der Waals surface area contributed by atoms with E-state index in [1.807, 2.05) is 30.3 Å². The van der Waals surface area contributed by atoms with Gasteiger partial charge in [-0.1, -0.05) is 30.3 Å². The number of hydrogen-bond acceptors (Lipinski definition) is 5. The Morgan fingerprint density at radius 1 is 1.26 bits per heavy atom. The van der Waals surface area contributed by atoms with Gasteiger partial charge in [-0.2, -0.15) is 0 Å². The summed E-state index contributed by atoms with van der Waals surface area (Å²) in [5, 5.41) is 10.1. The highest BCUT2D eigenvalue weighted by Crippen LogP contribution is 2.31. The van der Waals surface area contributed by atoms with Crippen molar-refractivity contribution in [3.05, 3.63) is 35.9 Å². The highest BCUT2D eigenvalue weighted by Gasteiger charge is 2.51. The first kappa shape index (κ1) is 13.0. The van der Waals surface area contributed by atoms with Gasteiger partial charge < -0.3 is 24.1 Å². The number of aliphatic hydroxyl groups is 1. The van der Waals surface area contributed by atoms with Crippen LogP contribution in [0.4, 0.5) is 0 Å². The molecule has 2 heterocycles. The Hall–Kier alpha value is -0.980. The molecule has 19 heavy (non-hydrogen) atoms. The molecule has 0 saturated carbocycles. The van der Waals surface area contributed by atoms with Crippen molar-refractivity contribution in [1.29, 1.82) is 0 Å². The fourth-order valence-corrected chi connectivity index (χ4v) is 2.57. The van der Waals surface area contributed by atoms with E-state index in [0.717, 1.165) is 5.56 Å². The SMILES string of the molecule is CO[C@H]1[C@H](O)[C@H]2CO[C@H](O2)[C@H]1OCc1ccccc1. The lowest BCUT2D eigenvalue weighted by Gasteiger charge is -2.37. The molecular weight excluding hydrogens is 248 g/mol. The molecule has 0 aromatic heterocycles. The van der Waals surface area contributed by atoms with E-state index < -0.39 is 24.6 Å². The lowest BCUT2D eigenvalue weighted by Crippen LogP contribution is -2.55. The molecule has 0 unspecified atom stereocenters. The first-order valence-electron chi connectivity index (χ1n) is 6.43. The maximum Gasteiger partial charge on any atom is 0.187 e. The van der Waals surface area contributed by atoms with E-state index in [9.17, 15) is 5.11 Å². The van der Waals surface area contributed by atoms with Crippen molar-refractivity contribution in [2.24, 2.45) is 0 Å². The summed E-state index contributed by atoms with van der Waals surface area (Å²) in [5.41, 5.74) is 1.06. The second-order valence-corrected chi connectivity index (χ2v) is 4.83. The van der Waals surface area contributed by atoms with Crippen molar-refractivity contribution in [2.45, 2.75) is 37.3 Å². The van der Waals surface area contributed by atoms with E-state index in [1.54, 1.807) is 7.11 Å². The van der Waals surface area contributed by atoms with Gasteiger partial charge in [0.25, 0.3) is 0 Å². The van der Waals surface area contributed by atoms with Gasteiger partial charge in [0.2, 0.25) is 0 Å². The van der Waals surface area contributed by atoms with Crippen LogP contribution < -0.4 is 0 Å². The molecular formula is C14H18O5. The van der Waals surface area contributed by atoms with Crippen LogP contribution in [0.25, 0.3) is 0 Å². The number of ether oxygens (including phenoxy) is 4. The molecule has 5 nitrogen and oxygen atoms in total. The molecule has 1 aromatic carbocycles. The van der Waals surface area contributed by atoms with E-state index in [1.165, 1.54) is 0 Å². The summed E-state index contributed by atoms with van der Waals surface area (Å²) in [6, 6.07) is 9.85. The van der Waals surface area contributed by atoms with Gasteiger partial charge in [-0.25, -0.2) is 0 Å². The summed E-state index contributed by atoms with van der Waals surface area (Å²) >= 11 is 0. The van der Waals surface area contributed by atoms with Crippen LogP contribution in [-0.2, 0) is 25.6 Å². The van der Waals surface area contributed by atoms with Crippen molar-refractivity contribution in [1.82, 2.24) is 0 Å². The summed E-state index contributed by atoms with van der Waals surface area (Å²) in [6.45, 7) is 0.822. The van der Waals surface area contributed by atoms with Crippen LogP contribution in [0.1, 0.15) is 5.56 Å². The predicted octanol–water partition coefficient (Wildman–Crippen LogP) is 0.703. The lowest BCUT2D eigenvalue weighted by molar-refractivity contribution is -0.251. The van der Waals surface area contributed by atoms with Crippen LogP contribution in [0, 0.1) is 0 Å². The summed E-state index contributed by atoms with van der Waals surface area (Å²) in [4.78, 5) is 0. The van der Waals surface area contributed by atoms with Gasteiger partial charge in [0.05, 0.1) is 13.2 Å². The van der Waals surface area contributed by atoms with E-state index in [4.69, 9.17) is 18.9 Å². The topological polar surface area (TPSA) is 57.2 Å². The molecule has 0 amide bonds. The zero-order valence-electron chi connectivity index (χ0n) is 10.8. The number of benzene rings is 1. The minimum absolute atomic E-state index is 0.313. The maximum atomic E-state index is 10.1. The normalized spacial score (nSPS) is 37.5. The molecule has 2 bridgehead atoms. The second-order valence-electron chi connectivity index (χ2n) is 4.83. The van der Waals surface area contributed by atoms with E-state index in [0.29, 0.717) is 13.2 Å². The van der Waals surface area contributed by atoms with Crippen LogP contribution in [0.3, 0.4) is 0 Å². The molecule has 5 heteroatoms. The fourth-order valence-electron chi connectivity index (χ4n) is 2.57. The lowest BCUT2D eigenvalue weighted by atomic mass is 10.0. The van der Waals surface area contributed by atoms with Crippen molar-refractivity contribution < 1.29 is 24.1 Å². The zero-order valence-corrected chi connectivity index (χ0v) is 10.8. The Bertz CT molecular complexity index is 410. The first-order valence-corrected chi connectivity index (χ1v) is 6.43. The first-order chi connectivity index (χ1) is 9.29. The number of methoxy groups -OCH3 is 1. The van der Waals surface area contributed by atoms with Crippen LogP contribution in [0.5, 0.6) is 0 Å². The molecule has 5 atom stereocenters. The highest BCUT2D eigenvalue weighted by atomic mass is 16.8. The zero-order chi connectivity index (χ0) is 13.2. The third-order valence-electron chi connectivity index (χ3n) is 3.60. The third-order valence-corrected chi connectivity index (χ3v) is 3.60. The third kappa shape index (κ3) is 2.52. The minimum Gasteiger partial charge on any atom is -0.387 e. The van der Waals surface area contributed by atoms with Gasteiger partial charge in [0.1, 0.15) is 24.4 Å². The molecule has 2 aliphatic rings. The number of rotatable bonds is 4. The van der Waals surface area contributed by atoms with Crippen molar-refractivity contribution in [2.75, 3.05) is 13.7 Å². The Kier molecular flexibility index (Phi) is 3.81. The summed E-state index contributed by atoms with van der Waals surface area (Å²) < 4.78 is 22.2. The predicted molar refractivity (Wildman–Crippen MR) is 66.4 cm³/mol.